The Hall–Kier alpha value is -0.610. The zero-order valence-electron chi connectivity index (χ0n) is 8.99. The van der Waals surface area contributed by atoms with Crippen LogP contribution in [0.5, 0.6) is 5.88 Å². The summed E-state index contributed by atoms with van der Waals surface area (Å²) in [5.74, 6) is 1.07. The number of ether oxygens (including phenoxy) is 1. The maximum absolute atomic E-state index is 5.82. The van der Waals surface area contributed by atoms with Gasteiger partial charge in [0.05, 0.1) is 0 Å². The Bertz CT molecular complexity index is 367. The highest BCUT2D eigenvalue weighted by Crippen LogP contribution is 2.28. The minimum absolute atomic E-state index is 0.0589. The summed E-state index contributed by atoms with van der Waals surface area (Å²) in [6.45, 7) is 2.26. The molecule has 0 radical (unpaired) electrons. The highest BCUT2D eigenvalue weighted by Gasteiger charge is 2.21. The molecule has 1 aliphatic rings. The van der Waals surface area contributed by atoms with Crippen LogP contribution in [0.25, 0.3) is 0 Å². The van der Waals surface area contributed by atoms with Gasteiger partial charge in [0.1, 0.15) is 6.10 Å². The lowest BCUT2D eigenvalue weighted by atomic mass is 9.89. The first kappa shape index (κ1) is 11.9. The van der Waals surface area contributed by atoms with Crippen molar-refractivity contribution in [2.45, 2.75) is 38.7 Å². The van der Waals surface area contributed by atoms with E-state index in [9.17, 15) is 0 Å². The van der Waals surface area contributed by atoms with Gasteiger partial charge in [0, 0.05) is 0 Å². The van der Waals surface area contributed by atoms with E-state index in [-0.39, 0.29) is 16.5 Å². The molecule has 0 aliphatic heterocycles. The number of halogens is 2. The van der Waals surface area contributed by atoms with Gasteiger partial charge in [0.15, 0.2) is 0 Å². The van der Waals surface area contributed by atoms with E-state index in [2.05, 4.69) is 22.1 Å². The lowest BCUT2D eigenvalue weighted by Gasteiger charge is -2.26. The van der Waals surface area contributed by atoms with Crippen LogP contribution in [0.1, 0.15) is 32.6 Å². The molecule has 4 nitrogen and oxygen atoms in total. The van der Waals surface area contributed by atoms with Crippen molar-refractivity contribution in [1.82, 2.24) is 15.2 Å². The van der Waals surface area contributed by atoms with Crippen LogP contribution in [0.2, 0.25) is 10.4 Å². The minimum Gasteiger partial charge on any atom is -0.472 e. The summed E-state index contributed by atoms with van der Waals surface area (Å²) in [6, 6.07) is 0. The molecule has 0 atom stereocenters. The second-order valence-electron chi connectivity index (χ2n) is 4.18. The zero-order chi connectivity index (χ0) is 11.5. The van der Waals surface area contributed by atoms with Gasteiger partial charge >= 0.3 is 0 Å². The molecule has 1 saturated carbocycles. The van der Waals surface area contributed by atoms with Crippen LogP contribution >= 0.6 is 23.2 Å². The topological polar surface area (TPSA) is 47.9 Å². The lowest BCUT2D eigenvalue weighted by Crippen LogP contribution is -2.23. The van der Waals surface area contributed by atoms with Crippen LogP contribution in [0.15, 0.2) is 0 Å². The third-order valence-electron chi connectivity index (χ3n) is 2.83. The van der Waals surface area contributed by atoms with Gasteiger partial charge in [-0.25, -0.2) is 0 Å². The first-order chi connectivity index (χ1) is 7.65. The van der Waals surface area contributed by atoms with Crippen molar-refractivity contribution < 1.29 is 4.74 Å². The Morgan fingerprint density at radius 2 is 1.81 bits per heavy atom. The van der Waals surface area contributed by atoms with Crippen LogP contribution in [0.4, 0.5) is 0 Å². The van der Waals surface area contributed by atoms with Crippen molar-refractivity contribution in [3.05, 3.63) is 10.4 Å². The molecule has 0 N–H and O–H groups in total. The standard InChI is InChI=1S/C10H13Cl2N3O/c1-6-2-4-7(5-3-6)16-9-8(11)14-15-10(12)13-9/h6-7H,2-5H2,1H3. The van der Waals surface area contributed by atoms with Crippen molar-refractivity contribution in [3.63, 3.8) is 0 Å². The SMILES string of the molecule is CC1CCC(Oc2nc(Cl)nnc2Cl)CC1. The average molecular weight is 262 g/mol. The highest BCUT2D eigenvalue weighted by molar-refractivity contribution is 6.31. The first-order valence-corrected chi connectivity index (χ1v) is 6.13. The second kappa shape index (κ2) is 5.15. The molecule has 1 aromatic rings. The van der Waals surface area contributed by atoms with Crippen molar-refractivity contribution in [2.75, 3.05) is 0 Å². The summed E-state index contributed by atoms with van der Waals surface area (Å²) >= 11 is 11.5. The first-order valence-electron chi connectivity index (χ1n) is 5.37. The van der Waals surface area contributed by atoms with E-state index in [1.165, 1.54) is 12.8 Å². The summed E-state index contributed by atoms with van der Waals surface area (Å²) in [4.78, 5) is 3.92. The molecule has 16 heavy (non-hydrogen) atoms. The number of aromatic nitrogens is 3. The van der Waals surface area contributed by atoms with Gasteiger partial charge < -0.3 is 4.74 Å². The maximum atomic E-state index is 5.82. The van der Waals surface area contributed by atoms with Gasteiger partial charge in [-0.05, 0) is 43.2 Å². The molecule has 0 unspecified atom stereocenters. The van der Waals surface area contributed by atoms with E-state index >= 15 is 0 Å². The van der Waals surface area contributed by atoms with Gasteiger partial charge in [-0.15, -0.1) is 10.2 Å². The fourth-order valence-corrected chi connectivity index (χ4v) is 2.10. The predicted octanol–water partition coefficient (Wildman–Crippen LogP) is 3.14. The monoisotopic (exact) mass is 261 g/mol. The average Bonchev–Trinajstić information content (AvgIpc) is 2.27. The minimum atomic E-state index is 0.0589. The van der Waals surface area contributed by atoms with E-state index in [4.69, 9.17) is 27.9 Å². The lowest BCUT2D eigenvalue weighted by molar-refractivity contribution is 0.129. The highest BCUT2D eigenvalue weighted by atomic mass is 35.5. The third-order valence-corrected chi connectivity index (χ3v) is 3.23. The second-order valence-corrected chi connectivity index (χ2v) is 4.87. The molecular weight excluding hydrogens is 249 g/mol. The number of rotatable bonds is 2. The molecule has 1 fully saturated rings. The molecule has 0 amide bonds. The third kappa shape index (κ3) is 2.95. The van der Waals surface area contributed by atoms with Crippen LogP contribution in [0.3, 0.4) is 0 Å². The molecule has 88 valence electrons. The van der Waals surface area contributed by atoms with E-state index in [1.807, 2.05) is 0 Å². The molecule has 1 aliphatic carbocycles. The van der Waals surface area contributed by atoms with Crippen LogP contribution in [-0.4, -0.2) is 21.3 Å². The summed E-state index contributed by atoms with van der Waals surface area (Å²) in [6.07, 6.45) is 4.57. The summed E-state index contributed by atoms with van der Waals surface area (Å²) in [5.41, 5.74) is 0. The van der Waals surface area contributed by atoms with Gasteiger partial charge in [-0.1, -0.05) is 18.5 Å². The number of hydrogen-bond acceptors (Lipinski definition) is 4. The largest absolute Gasteiger partial charge is 0.472 e. The summed E-state index contributed by atoms with van der Waals surface area (Å²) in [5, 5.41) is 7.42. The molecule has 6 heteroatoms. The Morgan fingerprint density at radius 1 is 1.12 bits per heavy atom. The van der Waals surface area contributed by atoms with E-state index in [0.717, 1.165) is 18.8 Å². The van der Waals surface area contributed by atoms with Crippen LogP contribution in [-0.2, 0) is 0 Å². The quantitative estimate of drug-likeness (QED) is 0.821. The smallest absolute Gasteiger partial charge is 0.257 e. The summed E-state index contributed by atoms with van der Waals surface area (Å²) < 4.78 is 5.69. The Balaban J connectivity index is 2.00. The molecule has 0 aromatic carbocycles. The number of nitrogens with zero attached hydrogens (tertiary/aromatic N) is 3. The molecule has 1 aromatic heterocycles. The van der Waals surface area contributed by atoms with Crippen molar-refractivity contribution >= 4 is 23.2 Å². The van der Waals surface area contributed by atoms with Gasteiger partial charge in [0.25, 0.3) is 5.88 Å². The molecule has 1 heterocycles. The Labute approximate surface area is 104 Å². The Morgan fingerprint density at radius 3 is 2.50 bits per heavy atom. The van der Waals surface area contributed by atoms with Gasteiger partial charge in [0.2, 0.25) is 10.4 Å². The van der Waals surface area contributed by atoms with Crippen LogP contribution in [0, 0.1) is 5.92 Å². The molecular formula is C10H13Cl2N3O. The van der Waals surface area contributed by atoms with E-state index in [0.29, 0.717) is 5.88 Å². The van der Waals surface area contributed by atoms with Crippen molar-refractivity contribution in [3.8, 4) is 5.88 Å². The van der Waals surface area contributed by atoms with Gasteiger partial charge in [-0.2, -0.15) is 4.98 Å². The Kier molecular flexibility index (Phi) is 3.82. The molecule has 0 saturated heterocycles. The van der Waals surface area contributed by atoms with E-state index < -0.39 is 0 Å². The molecule has 2 rings (SSSR count). The van der Waals surface area contributed by atoms with Gasteiger partial charge in [-0.3, -0.25) is 0 Å². The van der Waals surface area contributed by atoms with Crippen molar-refractivity contribution in [2.24, 2.45) is 5.92 Å². The number of hydrogen-bond donors (Lipinski definition) is 0. The van der Waals surface area contributed by atoms with Crippen LogP contribution < -0.4 is 4.74 Å². The summed E-state index contributed by atoms with van der Waals surface area (Å²) in [7, 11) is 0. The maximum Gasteiger partial charge on any atom is 0.257 e. The molecule has 0 spiro atoms. The zero-order valence-corrected chi connectivity index (χ0v) is 10.5. The van der Waals surface area contributed by atoms with E-state index in [1.54, 1.807) is 0 Å². The normalized spacial score (nSPS) is 25.4. The molecule has 0 bridgehead atoms. The predicted molar refractivity (Wildman–Crippen MR) is 61.9 cm³/mol. The fraction of sp³-hybridized carbons (Fsp3) is 0.700. The van der Waals surface area contributed by atoms with Crippen molar-refractivity contribution in [1.29, 1.82) is 0 Å². The fourth-order valence-electron chi connectivity index (χ4n) is 1.86.